The summed E-state index contributed by atoms with van der Waals surface area (Å²) in [5.41, 5.74) is 2.21. The van der Waals surface area contributed by atoms with Crippen molar-refractivity contribution in [3.05, 3.63) is 95.1 Å². The molecule has 1 aliphatic rings. The van der Waals surface area contributed by atoms with Gasteiger partial charge in [0, 0.05) is 12.1 Å². The fraction of sp³-hybridized carbons (Fsp3) is 0.267. The third-order valence-corrected chi connectivity index (χ3v) is 6.37. The van der Waals surface area contributed by atoms with Crippen molar-refractivity contribution >= 4 is 17.4 Å². The van der Waals surface area contributed by atoms with Crippen LogP contribution < -0.4 is 14.2 Å². The number of ether oxygens (including phenoxy) is 3. The molecular formula is C30H31NO6. The smallest absolute Gasteiger partial charge is 0.295 e. The minimum Gasteiger partial charge on any atom is -0.507 e. The second-order valence-corrected chi connectivity index (χ2v) is 8.74. The van der Waals surface area contributed by atoms with Gasteiger partial charge in [0.25, 0.3) is 11.7 Å². The molecule has 1 atom stereocenters. The number of likely N-dealkylation sites (tertiary alicyclic amines) is 1. The topological polar surface area (TPSA) is 85.3 Å². The molecule has 1 N–H and O–H groups in total. The van der Waals surface area contributed by atoms with Crippen LogP contribution in [0.4, 0.5) is 0 Å². The number of Topliss-reactive ketones (excluding diaryl/α,β-unsaturated/α-hetero) is 1. The highest BCUT2D eigenvalue weighted by Crippen LogP contribution is 2.40. The summed E-state index contributed by atoms with van der Waals surface area (Å²) < 4.78 is 16.1. The third kappa shape index (κ3) is 5.61. The summed E-state index contributed by atoms with van der Waals surface area (Å²) in [4.78, 5) is 28.0. The molecule has 1 aliphatic heterocycles. The van der Waals surface area contributed by atoms with Gasteiger partial charge in [-0.3, -0.25) is 9.59 Å². The number of methoxy groups -OCH3 is 2. The van der Waals surface area contributed by atoms with Gasteiger partial charge in [0.05, 0.1) is 32.4 Å². The van der Waals surface area contributed by atoms with Crippen molar-refractivity contribution in [1.29, 1.82) is 0 Å². The van der Waals surface area contributed by atoms with E-state index in [-0.39, 0.29) is 11.3 Å². The quantitative estimate of drug-likeness (QED) is 0.235. The lowest BCUT2D eigenvalue weighted by atomic mass is 9.95. The Morgan fingerprint density at radius 2 is 1.41 bits per heavy atom. The zero-order valence-electron chi connectivity index (χ0n) is 21.3. The first-order valence-corrected chi connectivity index (χ1v) is 12.2. The number of hydrogen-bond acceptors (Lipinski definition) is 6. The highest BCUT2D eigenvalue weighted by atomic mass is 16.5. The van der Waals surface area contributed by atoms with E-state index in [1.807, 2.05) is 43.3 Å². The molecule has 192 valence electrons. The molecule has 0 spiro atoms. The highest BCUT2D eigenvalue weighted by Gasteiger charge is 2.45. The number of carbonyl (C=O) groups excluding carboxylic acids is 2. The average molecular weight is 502 g/mol. The molecule has 37 heavy (non-hydrogen) atoms. The van der Waals surface area contributed by atoms with Gasteiger partial charge < -0.3 is 24.2 Å². The zero-order valence-corrected chi connectivity index (χ0v) is 21.3. The van der Waals surface area contributed by atoms with Gasteiger partial charge in [-0.05, 0) is 72.5 Å². The number of carbonyl (C=O) groups is 2. The lowest BCUT2D eigenvalue weighted by molar-refractivity contribution is -0.139. The first-order chi connectivity index (χ1) is 18.0. The Morgan fingerprint density at radius 3 is 1.97 bits per heavy atom. The van der Waals surface area contributed by atoms with Crippen molar-refractivity contribution in [2.75, 3.05) is 27.4 Å². The molecule has 0 radical (unpaired) electrons. The number of amides is 1. The first kappa shape index (κ1) is 25.8. The Kier molecular flexibility index (Phi) is 8.13. The molecule has 3 aromatic carbocycles. The maximum Gasteiger partial charge on any atom is 0.295 e. The van der Waals surface area contributed by atoms with Crippen LogP contribution in [-0.2, 0) is 16.0 Å². The second-order valence-electron chi connectivity index (χ2n) is 8.74. The van der Waals surface area contributed by atoms with Crippen molar-refractivity contribution in [1.82, 2.24) is 4.90 Å². The van der Waals surface area contributed by atoms with Gasteiger partial charge in [-0.2, -0.15) is 0 Å². The van der Waals surface area contributed by atoms with Gasteiger partial charge >= 0.3 is 0 Å². The van der Waals surface area contributed by atoms with E-state index in [9.17, 15) is 14.7 Å². The summed E-state index contributed by atoms with van der Waals surface area (Å²) in [5, 5.41) is 11.3. The Balaban J connectivity index is 1.70. The van der Waals surface area contributed by atoms with Crippen molar-refractivity contribution in [3.8, 4) is 17.2 Å². The van der Waals surface area contributed by atoms with Crippen molar-refractivity contribution in [3.63, 3.8) is 0 Å². The minimum absolute atomic E-state index is 0.0622. The SMILES string of the molecule is CCCOc1ccc(/C(O)=C2/C(=O)C(=O)N(CCc3ccc(OC)cc3)C2c2ccc(OC)cc2)cc1. The van der Waals surface area contributed by atoms with Gasteiger partial charge in [0.15, 0.2) is 0 Å². The lowest BCUT2D eigenvalue weighted by Crippen LogP contribution is -2.31. The largest absolute Gasteiger partial charge is 0.507 e. The maximum atomic E-state index is 13.3. The van der Waals surface area contributed by atoms with E-state index in [1.165, 1.54) is 4.90 Å². The van der Waals surface area contributed by atoms with Crippen LogP contribution in [-0.4, -0.2) is 49.1 Å². The predicted octanol–water partition coefficient (Wildman–Crippen LogP) is 5.16. The van der Waals surface area contributed by atoms with Crippen LogP contribution >= 0.6 is 0 Å². The van der Waals surface area contributed by atoms with Gasteiger partial charge in [0.2, 0.25) is 0 Å². The van der Waals surface area contributed by atoms with E-state index < -0.39 is 17.7 Å². The van der Waals surface area contributed by atoms with Gasteiger partial charge in [0.1, 0.15) is 23.0 Å². The molecular weight excluding hydrogens is 470 g/mol. The van der Waals surface area contributed by atoms with Crippen LogP contribution in [0.15, 0.2) is 78.4 Å². The zero-order chi connectivity index (χ0) is 26.4. The van der Waals surface area contributed by atoms with Crippen LogP contribution in [0.1, 0.15) is 36.1 Å². The Labute approximate surface area is 216 Å². The molecule has 0 bridgehead atoms. The molecule has 0 saturated carbocycles. The summed E-state index contributed by atoms with van der Waals surface area (Å²) in [6.45, 7) is 2.91. The molecule has 4 rings (SSSR count). The molecule has 1 saturated heterocycles. The van der Waals surface area contributed by atoms with Crippen LogP contribution in [0.25, 0.3) is 5.76 Å². The second kappa shape index (κ2) is 11.6. The maximum absolute atomic E-state index is 13.3. The number of hydrogen-bond donors (Lipinski definition) is 1. The number of benzene rings is 3. The predicted molar refractivity (Wildman–Crippen MR) is 141 cm³/mol. The highest BCUT2D eigenvalue weighted by molar-refractivity contribution is 6.46. The van der Waals surface area contributed by atoms with Crippen molar-refractivity contribution in [2.24, 2.45) is 0 Å². The molecule has 7 nitrogen and oxygen atoms in total. The monoisotopic (exact) mass is 501 g/mol. The Hall–Kier alpha value is -4.26. The van der Waals surface area contributed by atoms with Crippen molar-refractivity contribution < 1.29 is 28.9 Å². The lowest BCUT2D eigenvalue weighted by Gasteiger charge is -2.25. The van der Waals surface area contributed by atoms with E-state index in [4.69, 9.17) is 14.2 Å². The third-order valence-electron chi connectivity index (χ3n) is 6.37. The molecule has 1 unspecified atom stereocenters. The summed E-state index contributed by atoms with van der Waals surface area (Å²) in [5.74, 6) is 0.506. The van der Waals surface area contributed by atoms with Gasteiger partial charge in [-0.1, -0.05) is 31.2 Å². The fourth-order valence-electron chi connectivity index (χ4n) is 4.37. The van der Waals surface area contributed by atoms with E-state index in [2.05, 4.69) is 0 Å². The van der Waals surface area contributed by atoms with Crippen LogP contribution in [0.2, 0.25) is 0 Å². The fourth-order valence-corrected chi connectivity index (χ4v) is 4.37. The van der Waals surface area contributed by atoms with E-state index in [1.54, 1.807) is 50.6 Å². The average Bonchev–Trinajstić information content (AvgIpc) is 3.20. The Bertz CT molecular complexity index is 1260. The number of aliphatic hydroxyl groups excluding tert-OH is 1. The van der Waals surface area contributed by atoms with E-state index in [0.717, 1.165) is 17.7 Å². The summed E-state index contributed by atoms with van der Waals surface area (Å²) in [6, 6.07) is 20.9. The molecule has 1 amide bonds. The number of rotatable bonds is 10. The van der Waals surface area contributed by atoms with E-state index >= 15 is 0 Å². The van der Waals surface area contributed by atoms with Crippen LogP contribution in [0.3, 0.4) is 0 Å². The van der Waals surface area contributed by atoms with Gasteiger partial charge in [-0.15, -0.1) is 0 Å². The standard InChI is InChI=1S/C30H31NO6/c1-4-19-37-25-15-9-22(10-16-25)28(32)26-27(21-7-13-24(36-3)14-8-21)31(30(34)29(26)33)18-17-20-5-11-23(35-2)12-6-20/h5-16,27,32H,4,17-19H2,1-3H3/b28-26-. The molecule has 3 aromatic rings. The van der Waals surface area contributed by atoms with Crippen LogP contribution in [0.5, 0.6) is 17.2 Å². The number of nitrogens with zero attached hydrogens (tertiary/aromatic N) is 1. The number of ketones is 1. The molecule has 1 fully saturated rings. The minimum atomic E-state index is -0.736. The van der Waals surface area contributed by atoms with Crippen LogP contribution in [0, 0.1) is 0 Å². The molecule has 0 aromatic heterocycles. The Morgan fingerprint density at radius 1 is 0.838 bits per heavy atom. The van der Waals surface area contributed by atoms with Gasteiger partial charge in [-0.25, -0.2) is 0 Å². The van der Waals surface area contributed by atoms with E-state index in [0.29, 0.717) is 42.2 Å². The normalized spacial score (nSPS) is 16.6. The summed E-state index contributed by atoms with van der Waals surface area (Å²) >= 11 is 0. The molecule has 0 aliphatic carbocycles. The molecule has 7 heteroatoms. The number of aliphatic hydroxyl groups is 1. The molecule has 1 heterocycles. The summed E-state index contributed by atoms with van der Waals surface area (Å²) in [6.07, 6.45) is 1.41. The summed E-state index contributed by atoms with van der Waals surface area (Å²) in [7, 11) is 3.18. The van der Waals surface area contributed by atoms with Crippen molar-refractivity contribution in [2.45, 2.75) is 25.8 Å². The first-order valence-electron chi connectivity index (χ1n) is 12.2.